The van der Waals surface area contributed by atoms with Crippen LogP contribution >= 0.6 is 0 Å². The molecule has 1 aliphatic heterocycles. The summed E-state index contributed by atoms with van der Waals surface area (Å²) in [5, 5.41) is 0. The van der Waals surface area contributed by atoms with Gasteiger partial charge in [-0.25, -0.2) is 0 Å². The van der Waals surface area contributed by atoms with E-state index < -0.39 is 5.91 Å². The van der Waals surface area contributed by atoms with E-state index in [4.69, 9.17) is 19.9 Å². The summed E-state index contributed by atoms with van der Waals surface area (Å²) in [4.78, 5) is 12.0. The molecule has 24 heavy (non-hydrogen) atoms. The van der Waals surface area contributed by atoms with Gasteiger partial charge in [0.2, 0.25) is 12.7 Å². The molecule has 2 aromatic rings. The van der Waals surface area contributed by atoms with Gasteiger partial charge in [0.25, 0.3) is 0 Å². The van der Waals surface area contributed by atoms with E-state index in [1.165, 1.54) is 0 Å². The number of nitrogens with two attached hydrogens (primary N) is 1. The summed E-state index contributed by atoms with van der Waals surface area (Å²) < 4.78 is 16.6. The number of hydrogen-bond acceptors (Lipinski definition) is 4. The second-order valence-corrected chi connectivity index (χ2v) is 5.85. The molecule has 0 unspecified atom stereocenters. The van der Waals surface area contributed by atoms with Crippen molar-refractivity contribution >= 4 is 17.6 Å². The van der Waals surface area contributed by atoms with Gasteiger partial charge in [0, 0.05) is 11.1 Å². The minimum absolute atomic E-state index is 0.187. The molecular formula is C19H17NO4. The van der Waals surface area contributed by atoms with Gasteiger partial charge in [-0.05, 0) is 42.7 Å². The SMILES string of the molecule is NC(=O)C(=Cc1ccccc1OC1CC1)c1ccc2c(c1)OCO2. The Bertz CT molecular complexity index is 824. The average Bonchev–Trinajstić information content (AvgIpc) is 3.27. The molecule has 0 bridgehead atoms. The first-order valence-electron chi connectivity index (χ1n) is 7.88. The van der Waals surface area contributed by atoms with Crippen molar-refractivity contribution in [2.45, 2.75) is 18.9 Å². The maximum atomic E-state index is 12.0. The Hall–Kier alpha value is -2.95. The van der Waals surface area contributed by atoms with Crippen LogP contribution in [-0.4, -0.2) is 18.8 Å². The molecule has 1 amide bonds. The summed E-state index contributed by atoms with van der Waals surface area (Å²) in [5.41, 5.74) is 7.53. The number of fused-ring (bicyclic) bond motifs is 1. The van der Waals surface area contributed by atoms with Crippen molar-refractivity contribution in [3.8, 4) is 17.2 Å². The molecule has 2 aromatic carbocycles. The van der Waals surface area contributed by atoms with Crippen LogP contribution in [0.3, 0.4) is 0 Å². The number of primary amides is 1. The van der Waals surface area contributed by atoms with Gasteiger partial charge >= 0.3 is 0 Å². The van der Waals surface area contributed by atoms with E-state index >= 15 is 0 Å². The molecule has 4 rings (SSSR count). The molecule has 2 N–H and O–H groups in total. The molecule has 1 fully saturated rings. The second-order valence-electron chi connectivity index (χ2n) is 5.85. The highest BCUT2D eigenvalue weighted by Crippen LogP contribution is 2.36. The summed E-state index contributed by atoms with van der Waals surface area (Å²) in [6, 6.07) is 13.0. The molecule has 0 aromatic heterocycles. The van der Waals surface area contributed by atoms with Crippen molar-refractivity contribution in [2.24, 2.45) is 5.73 Å². The number of benzene rings is 2. The van der Waals surface area contributed by atoms with Gasteiger partial charge in [-0.2, -0.15) is 0 Å². The van der Waals surface area contributed by atoms with Gasteiger partial charge in [0.05, 0.1) is 6.10 Å². The van der Waals surface area contributed by atoms with Crippen molar-refractivity contribution in [3.63, 3.8) is 0 Å². The molecule has 5 nitrogen and oxygen atoms in total. The van der Waals surface area contributed by atoms with Crippen LogP contribution in [0.1, 0.15) is 24.0 Å². The van der Waals surface area contributed by atoms with Crippen LogP contribution in [0, 0.1) is 0 Å². The zero-order chi connectivity index (χ0) is 16.5. The predicted octanol–water partition coefficient (Wildman–Crippen LogP) is 2.98. The highest BCUT2D eigenvalue weighted by atomic mass is 16.7. The van der Waals surface area contributed by atoms with Crippen LogP contribution < -0.4 is 19.9 Å². The number of rotatable bonds is 5. The Kier molecular flexibility index (Phi) is 3.61. The highest BCUT2D eigenvalue weighted by Gasteiger charge is 2.24. The summed E-state index contributed by atoms with van der Waals surface area (Å²) in [6.07, 6.45) is 4.19. The lowest BCUT2D eigenvalue weighted by Gasteiger charge is -2.10. The third-order valence-corrected chi connectivity index (χ3v) is 3.99. The predicted molar refractivity (Wildman–Crippen MR) is 89.7 cm³/mol. The molecule has 122 valence electrons. The van der Waals surface area contributed by atoms with E-state index in [0.29, 0.717) is 22.6 Å². The minimum Gasteiger partial charge on any atom is -0.490 e. The average molecular weight is 323 g/mol. The normalized spacial score (nSPS) is 16.1. The van der Waals surface area contributed by atoms with E-state index in [0.717, 1.165) is 24.2 Å². The zero-order valence-corrected chi connectivity index (χ0v) is 13.0. The minimum atomic E-state index is -0.505. The van der Waals surface area contributed by atoms with Gasteiger partial charge in [-0.15, -0.1) is 0 Å². The smallest absolute Gasteiger partial charge is 0.249 e. The van der Waals surface area contributed by atoms with Crippen LogP contribution in [0.15, 0.2) is 42.5 Å². The topological polar surface area (TPSA) is 70.8 Å². The van der Waals surface area contributed by atoms with Crippen LogP contribution in [0.25, 0.3) is 11.6 Å². The standard InChI is InChI=1S/C19H17NO4/c20-19(21)15(12-5-8-17-18(10-12)23-11-22-17)9-13-3-1-2-4-16(13)24-14-6-7-14/h1-5,8-10,14H,6-7,11H2,(H2,20,21). The zero-order valence-electron chi connectivity index (χ0n) is 13.0. The molecular weight excluding hydrogens is 306 g/mol. The van der Waals surface area contributed by atoms with Crippen LogP contribution in [0.2, 0.25) is 0 Å². The maximum Gasteiger partial charge on any atom is 0.249 e. The Morgan fingerprint density at radius 1 is 1.12 bits per heavy atom. The van der Waals surface area contributed by atoms with Gasteiger partial charge < -0.3 is 19.9 Å². The number of para-hydroxylation sites is 1. The molecule has 0 saturated heterocycles. The number of hydrogen-bond donors (Lipinski definition) is 1. The van der Waals surface area contributed by atoms with E-state index in [2.05, 4.69) is 0 Å². The Morgan fingerprint density at radius 2 is 1.92 bits per heavy atom. The molecule has 0 radical (unpaired) electrons. The number of carbonyl (C=O) groups is 1. The van der Waals surface area contributed by atoms with E-state index in [-0.39, 0.29) is 12.9 Å². The van der Waals surface area contributed by atoms with Crippen molar-refractivity contribution in [1.29, 1.82) is 0 Å². The maximum absolute atomic E-state index is 12.0. The number of ether oxygens (including phenoxy) is 3. The van der Waals surface area contributed by atoms with Gasteiger partial charge in [0.15, 0.2) is 11.5 Å². The number of carbonyl (C=O) groups excluding carboxylic acids is 1. The Balaban J connectivity index is 1.73. The Labute approximate surface area is 139 Å². The van der Waals surface area contributed by atoms with Crippen molar-refractivity contribution < 1.29 is 19.0 Å². The molecule has 0 spiro atoms. The fourth-order valence-electron chi connectivity index (χ4n) is 2.59. The third kappa shape index (κ3) is 2.93. The van der Waals surface area contributed by atoms with Gasteiger partial charge in [-0.3, -0.25) is 4.79 Å². The molecule has 5 heteroatoms. The summed E-state index contributed by atoms with van der Waals surface area (Å²) in [5.74, 6) is 1.54. The Morgan fingerprint density at radius 3 is 2.71 bits per heavy atom. The third-order valence-electron chi connectivity index (χ3n) is 3.99. The van der Waals surface area contributed by atoms with Crippen LogP contribution in [0.5, 0.6) is 17.2 Å². The summed E-state index contributed by atoms with van der Waals surface area (Å²) >= 11 is 0. The molecule has 1 saturated carbocycles. The van der Waals surface area contributed by atoms with Gasteiger partial charge in [0.1, 0.15) is 5.75 Å². The van der Waals surface area contributed by atoms with Crippen molar-refractivity contribution in [3.05, 3.63) is 53.6 Å². The van der Waals surface area contributed by atoms with E-state index in [9.17, 15) is 4.79 Å². The second kappa shape index (κ2) is 5.92. The van der Waals surface area contributed by atoms with Crippen LogP contribution in [-0.2, 0) is 4.79 Å². The van der Waals surface area contributed by atoms with Crippen molar-refractivity contribution in [1.82, 2.24) is 0 Å². The lowest BCUT2D eigenvalue weighted by atomic mass is 10.0. The molecule has 1 heterocycles. The van der Waals surface area contributed by atoms with Gasteiger partial charge in [-0.1, -0.05) is 24.3 Å². The van der Waals surface area contributed by atoms with E-state index in [1.807, 2.05) is 24.3 Å². The highest BCUT2D eigenvalue weighted by molar-refractivity contribution is 6.23. The fourth-order valence-corrected chi connectivity index (χ4v) is 2.59. The molecule has 1 aliphatic carbocycles. The van der Waals surface area contributed by atoms with E-state index in [1.54, 1.807) is 24.3 Å². The molecule has 0 atom stereocenters. The van der Waals surface area contributed by atoms with Crippen LogP contribution in [0.4, 0.5) is 0 Å². The first-order chi connectivity index (χ1) is 11.7. The quantitative estimate of drug-likeness (QED) is 0.678. The summed E-state index contributed by atoms with van der Waals surface area (Å²) in [6.45, 7) is 0.187. The first kappa shape index (κ1) is 14.6. The molecule has 2 aliphatic rings. The first-order valence-corrected chi connectivity index (χ1v) is 7.88. The fraction of sp³-hybridized carbons (Fsp3) is 0.211. The number of amides is 1. The largest absolute Gasteiger partial charge is 0.490 e. The summed E-state index contributed by atoms with van der Waals surface area (Å²) in [7, 11) is 0. The monoisotopic (exact) mass is 323 g/mol. The lowest BCUT2D eigenvalue weighted by Crippen LogP contribution is -2.13. The van der Waals surface area contributed by atoms with Crippen molar-refractivity contribution in [2.75, 3.05) is 6.79 Å². The lowest BCUT2D eigenvalue weighted by molar-refractivity contribution is -0.112.